The minimum atomic E-state index is -0.178. The van der Waals surface area contributed by atoms with Gasteiger partial charge in [-0.3, -0.25) is 9.69 Å². The van der Waals surface area contributed by atoms with Gasteiger partial charge < -0.3 is 20.3 Å². The third-order valence-corrected chi connectivity index (χ3v) is 7.08. The molecule has 1 fully saturated rings. The fourth-order valence-corrected chi connectivity index (χ4v) is 4.63. The van der Waals surface area contributed by atoms with Gasteiger partial charge in [-0.2, -0.15) is 0 Å². The summed E-state index contributed by atoms with van der Waals surface area (Å²) < 4.78 is 0. The van der Waals surface area contributed by atoms with Crippen molar-refractivity contribution in [1.29, 1.82) is 0 Å². The molecule has 0 atom stereocenters. The molecule has 0 radical (unpaired) electrons. The first-order valence-electron chi connectivity index (χ1n) is 12.8. The monoisotopic (exact) mass is 497 g/mol. The number of rotatable bonds is 5. The Balaban J connectivity index is 1.29. The summed E-state index contributed by atoms with van der Waals surface area (Å²) in [6.45, 7) is 11.7. The molecule has 192 valence electrons. The molecule has 4 aromatic rings. The number of aromatic nitrogens is 2. The van der Waals surface area contributed by atoms with Gasteiger partial charge >= 0.3 is 0 Å². The number of H-pyrrole nitrogens is 1. The minimum absolute atomic E-state index is 0.0531. The summed E-state index contributed by atoms with van der Waals surface area (Å²) in [6, 6.07) is 19.1. The summed E-state index contributed by atoms with van der Waals surface area (Å²) in [5.74, 6) is 0.565. The van der Waals surface area contributed by atoms with Crippen LogP contribution in [-0.2, 0) is 12.0 Å². The second-order valence-electron chi connectivity index (χ2n) is 11.0. The Bertz CT molecular complexity index is 1410. The van der Waals surface area contributed by atoms with Crippen molar-refractivity contribution in [2.45, 2.75) is 32.7 Å². The van der Waals surface area contributed by atoms with Crippen molar-refractivity contribution in [3.8, 4) is 17.1 Å². The lowest BCUT2D eigenvalue weighted by Gasteiger charge is -2.32. The smallest absolute Gasteiger partial charge is 0.255 e. The zero-order chi connectivity index (χ0) is 26.2. The number of benzene rings is 3. The fourth-order valence-electron chi connectivity index (χ4n) is 4.63. The Kier molecular flexibility index (Phi) is 6.75. The van der Waals surface area contributed by atoms with Crippen molar-refractivity contribution < 1.29 is 9.90 Å². The van der Waals surface area contributed by atoms with Gasteiger partial charge in [-0.15, -0.1) is 0 Å². The summed E-state index contributed by atoms with van der Waals surface area (Å²) >= 11 is 0. The van der Waals surface area contributed by atoms with Crippen LogP contribution in [0.1, 0.15) is 42.3 Å². The predicted octanol–water partition coefficient (Wildman–Crippen LogP) is 5.23. The highest BCUT2D eigenvalue weighted by molar-refractivity contribution is 6.06. The molecule has 1 aliphatic heterocycles. The van der Waals surface area contributed by atoms with Crippen molar-refractivity contribution in [3.63, 3.8) is 0 Å². The van der Waals surface area contributed by atoms with Crippen LogP contribution in [0.2, 0.25) is 0 Å². The number of amides is 1. The number of phenols is 1. The highest BCUT2D eigenvalue weighted by Crippen LogP contribution is 2.33. The number of nitrogens with zero attached hydrogens (tertiary/aromatic N) is 3. The number of aromatic amines is 1. The van der Waals surface area contributed by atoms with Gasteiger partial charge in [0.25, 0.3) is 5.91 Å². The molecule has 7 heteroatoms. The van der Waals surface area contributed by atoms with E-state index in [1.165, 1.54) is 5.56 Å². The number of fused-ring (bicyclic) bond motifs is 1. The number of hydrogen-bond donors (Lipinski definition) is 3. The zero-order valence-electron chi connectivity index (χ0n) is 22.0. The Morgan fingerprint density at radius 1 is 1.00 bits per heavy atom. The number of aromatic hydroxyl groups is 1. The molecular formula is C30H35N5O2. The summed E-state index contributed by atoms with van der Waals surface area (Å²) in [5, 5.41) is 13.5. The minimum Gasteiger partial charge on any atom is -0.507 e. The van der Waals surface area contributed by atoms with E-state index in [0.29, 0.717) is 17.0 Å². The van der Waals surface area contributed by atoms with Crippen molar-refractivity contribution in [3.05, 3.63) is 77.4 Å². The van der Waals surface area contributed by atoms with Crippen molar-refractivity contribution in [1.82, 2.24) is 19.8 Å². The Morgan fingerprint density at radius 2 is 1.73 bits per heavy atom. The molecule has 0 aliphatic carbocycles. The highest BCUT2D eigenvalue weighted by atomic mass is 16.3. The number of phenolic OH excluding ortho intramolecular Hbond substituents is 1. The van der Waals surface area contributed by atoms with Gasteiger partial charge in [0.05, 0.1) is 16.6 Å². The number of carbonyl (C=O) groups is 1. The summed E-state index contributed by atoms with van der Waals surface area (Å²) in [6.07, 6.45) is 0. The summed E-state index contributed by atoms with van der Waals surface area (Å²) in [4.78, 5) is 25.7. The van der Waals surface area contributed by atoms with Gasteiger partial charge in [0.1, 0.15) is 11.6 Å². The molecule has 7 nitrogen and oxygen atoms in total. The number of nitrogens with one attached hydrogen (secondary N) is 2. The largest absolute Gasteiger partial charge is 0.507 e. The molecule has 0 spiro atoms. The standard InChI is InChI=1S/C30H35N5O2/c1-30(2,3)22-8-12-27(36)24(18-22)28-32-25-11-7-21(17-26(25)33-28)29(37)31-23-9-5-20(6-10-23)19-35-15-13-34(4)14-16-35/h5-12,17-18,36H,13-16,19H2,1-4H3,(H,31,37)(H,32,33). The quantitative estimate of drug-likeness (QED) is 0.352. The first-order valence-corrected chi connectivity index (χ1v) is 12.8. The number of anilines is 1. The molecule has 3 aromatic carbocycles. The number of piperazine rings is 1. The van der Waals surface area contributed by atoms with Crippen LogP contribution in [0.15, 0.2) is 60.7 Å². The van der Waals surface area contributed by atoms with E-state index in [9.17, 15) is 9.90 Å². The molecular weight excluding hydrogens is 462 g/mol. The van der Waals surface area contributed by atoms with Gasteiger partial charge in [-0.1, -0.05) is 39.0 Å². The van der Waals surface area contributed by atoms with E-state index >= 15 is 0 Å². The van der Waals surface area contributed by atoms with Crippen LogP contribution in [0.5, 0.6) is 5.75 Å². The number of hydrogen-bond acceptors (Lipinski definition) is 5. The van der Waals surface area contributed by atoms with Crippen LogP contribution in [0.4, 0.5) is 5.69 Å². The molecule has 1 saturated heterocycles. The zero-order valence-corrected chi connectivity index (χ0v) is 22.0. The maximum Gasteiger partial charge on any atom is 0.255 e. The predicted molar refractivity (Wildman–Crippen MR) is 149 cm³/mol. The topological polar surface area (TPSA) is 84.5 Å². The molecule has 1 amide bonds. The van der Waals surface area contributed by atoms with Crippen molar-refractivity contribution >= 4 is 22.6 Å². The number of likely N-dealkylation sites (N-methyl/N-ethyl adjacent to an activating group) is 1. The van der Waals surface area contributed by atoms with Crippen LogP contribution in [0.3, 0.4) is 0 Å². The van der Waals surface area contributed by atoms with Crippen molar-refractivity contribution in [2.24, 2.45) is 0 Å². The molecule has 5 rings (SSSR count). The molecule has 1 aliphatic rings. The number of imidazole rings is 1. The molecule has 37 heavy (non-hydrogen) atoms. The second-order valence-corrected chi connectivity index (χ2v) is 11.0. The lowest BCUT2D eigenvalue weighted by Crippen LogP contribution is -2.43. The molecule has 3 N–H and O–H groups in total. The third-order valence-electron chi connectivity index (χ3n) is 7.08. The molecule has 0 unspecified atom stereocenters. The average molecular weight is 498 g/mol. The van der Waals surface area contributed by atoms with Gasteiger partial charge in [-0.25, -0.2) is 4.98 Å². The van der Waals surface area contributed by atoms with Crippen LogP contribution in [-0.4, -0.2) is 64.0 Å². The van der Waals surface area contributed by atoms with Crippen LogP contribution in [0, 0.1) is 0 Å². The highest BCUT2D eigenvalue weighted by Gasteiger charge is 2.18. The van der Waals surface area contributed by atoms with E-state index in [-0.39, 0.29) is 17.1 Å². The number of carbonyl (C=O) groups excluding carboxylic acids is 1. The van der Waals surface area contributed by atoms with Gasteiger partial charge in [0.15, 0.2) is 0 Å². The Morgan fingerprint density at radius 3 is 2.43 bits per heavy atom. The Hall–Kier alpha value is -3.68. The normalized spacial score (nSPS) is 15.2. The molecule has 1 aromatic heterocycles. The maximum absolute atomic E-state index is 13.0. The van der Waals surface area contributed by atoms with E-state index in [2.05, 4.69) is 65.0 Å². The molecule has 2 heterocycles. The maximum atomic E-state index is 13.0. The van der Waals surface area contributed by atoms with Gasteiger partial charge in [0.2, 0.25) is 0 Å². The molecule has 0 bridgehead atoms. The Labute approximate surface area is 218 Å². The SMILES string of the molecule is CN1CCN(Cc2ccc(NC(=O)c3ccc4nc(-c5cc(C(C)(C)C)ccc5O)[nH]c4c3)cc2)CC1. The van der Waals surface area contributed by atoms with Gasteiger partial charge in [0, 0.05) is 44.0 Å². The summed E-state index contributed by atoms with van der Waals surface area (Å²) in [7, 11) is 2.16. The van der Waals surface area contributed by atoms with Crippen LogP contribution >= 0.6 is 0 Å². The lowest BCUT2D eigenvalue weighted by molar-refractivity contribution is 0.102. The third kappa shape index (κ3) is 5.68. The first-order chi connectivity index (χ1) is 17.7. The van der Waals surface area contributed by atoms with Crippen molar-refractivity contribution in [2.75, 3.05) is 38.5 Å². The average Bonchev–Trinajstić information content (AvgIpc) is 3.29. The van der Waals surface area contributed by atoms with E-state index in [0.717, 1.165) is 55.0 Å². The summed E-state index contributed by atoms with van der Waals surface area (Å²) in [5.41, 5.74) is 5.72. The first kappa shape index (κ1) is 25.0. The van der Waals surface area contributed by atoms with E-state index in [1.807, 2.05) is 30.3 Å². The lowest BCUT2D eigenvalue weighted by atomic mass is 9.86. The van der Waals surface area contributed by atoms with Gasteiger partial charge in [-0.05, 0) is 66.1 Å². The fraction of sp³-hybridized carbons (Fsp3) is 0.333. The van der Waals surface area contributed by atoms with Crippen LogP contribution in [0.25, 0.3) is 22.4 Å². The van der Waals surface area contributed by atoms with Crippen LogP contribution < -0.4 is 5.32 Å². The molecule has 0 saturated carbocycles. The van der Waals surface area contributed by atoms with E-state index in [1.54, 1.807) is 18.2 Å². The second kappa shape index (κ2) is 10.00. The van der Waals surface area contributed by atoms with E-state index < -0.39 is 0 Å². The van der Waals surface area contributed by atoms with E-state index in [4.69, 9.17) is 0 Å².